The van der Waals surface area contributed by atoms with Crippen LogP contribution in [0.1, 0.15) is 0 Å². The van der Waals surface area contributed by atoms with Gasteiger partial charge in [-0.15, -0.1) is 5.48 Å². The van der Waals surface area contributed by atoms with E-state index in [-0.39, 0.29) is 0 Å². The Morgan fingerprint density at radius 3 is 2.67 bits per heavy atom. The molecular formula is C3H4N2O4. The molecule has 0 aliphatic carbocycles. The van der Waals surface area contributed by atoms with Crippen LogP contribution in [0.5, 0.6) is 0 Å². The van der Waals surface area contributed by atoms with Gasteiger partial charge in [0.15, 0.2) is 0 Å². The van der Waals surface area contributed by atoms with Crippen LogP contribution >= 0.6 is 0 Å². The van der Waals surface area contributed by atoms with E-state index in [1.807, 2.05) is 10.8 Å². The molecule has 3 N–H and O–H groups in total. The van der Waals surface area contributed by atoms with Crippen molar-refractivity contribution in [1.82, 2.24) is 10.8 Å². The van der Waals surface area contributed by atoms with Crippen molar-refractivity contribution in [3.8, 4) is 0 Å². The van der Waals surface area contributed by atoms with Gasteiger partial charge in [-0.25, -0.2) is 9.59 Å². The van der Waals surface area contributed by atoms with E-state index in [9.17, 15) is 9.59 Å². The molecule has 6 nitrogen and oxygen atoms in total. The Morgan fingerprint density at radius 1 is 1.78 bits per heavy atom. The first-order valence-electron chi connectivity index (χ1n) is 2.16. The van der Waals surface area contributed by atoms with Crippen molar-refractivity contribution in [2.45, 2.75) is 6.17 Å². The molecule has 0 aromatic heterocycles. The average Bonchev–Trinajstić information content (AvgIpc) is 2.14. The van der Waals surface area contributed by atoms with E-state index < -0.39 is 18.2 Å². The minimum Gasteiger partial charge on any atom is -0.479 e. The second kappa shape index (κ2) is 1.90. The number of carboxylic acids is 1. The molecule has 1 atom stereocenters. The topological polar surface area (TPSA) is 87.7 Å². The zero-order valence-corrected chi connectivity index (χ0v) is 4.25. The lowest BCUT2D eigenvalue weighted by Gasteiger charge is -1.96. The van der Waals surface area contributed by atoms with Crippen molar-refractivity contribution in [3.05, 3.63) is 0 Å². The molecule has 0 radical (unpaired) electrons. The van der Waals surface area contributed by atoms with Crippen LogP contribution in [0.4, 0.5) is 4.79 Å². The number of rotatable bonds is 1. The van der Waals surface area contributed by atoms with Gasteiger partial charge in [-0.1, -0.05) is 0 Å². The van der Waals surface area contributed by atoms with Crippen LogP contribution in [-0.4, -0.2) is 23.3 Å². The largest absolute Gasteiger partial charge is 0.479 e. The monoisotopic (exact) mass is 132 g/mol. The first-order chi connectivity index (χ1) is 4.20. The second-order valence-corrected chi connectivity index (χ2v) is 1.42. The van der Waals surface area contributed by atoms with Crippen molar-refractivity contribution in [3.63, 3.8) is 0 Å². The highest BCUT2D eigenvalue weighted by atomic mass is 16.7. The SMILES string of the molecule is O=C1NC(C(=O)O)NO1. The molecule has 50 valence electrons. The third kappa shape index (κ3) is 1.08. The quantitative estimate of drug-likeness (QED) is 0.410. The highest BCUT2D eigenvalue weighted by Gasteiger charge is 2.27. The summed E-state index contributed by atoms with van der Waals surface area (Å²) in [6, 6.07) is 0. The summed E-state index contributed by atoms with van der Waals surface area (Å²) < 4.78 is 0. The van der Waals surface area contributed by atoms with Gasteiger partial charge in [-0.05, 0) is 0 Å². The van der Waals surface area contributed by atoms with E-state index in [1.165, 1.54) is 0 Å². The maximum absolute atomic E-state index is 10.1. The second-order valence-electron chi connectivity index (χ2n) is 1.42. The molecular weight excluding hydrogens is 128 g/mol. The predicted molar refractivity (Wildman–Crippen MR) is 24.2 cm³/mol. The molecule has 1 unspecified atom stereocenters. The molecule has 1 fully saturated rings. The van der Waals surface area contributed by atoms with Gasteiger partial charge in [0.1, 0.15) is 0 Å². The first kappa shape index (κ1) is 5.83. The Bertz CT molecular complexity index is 156. The van der Waals surface area contributed by atoms with Crippen LogP contribution in [0.15, 0.2) is 0 Å². The fourth-order valence-corrected chi connectivity index (χ4v) is 0.401. The molecule has 0 saturated carbocycles. The van der Waals surface area contributed by atoms with Crippen LogP contribution in [-0.2, 0) is 9.63 Å². The Hall–Kier alpha value is -1.30. The van der Waals surface area contributed by atoms with Gasteiger partial charge >= 0.3 is 12.1 Å². The summed E-state index contributed by atoms with van der Waals surface area (Å²) in [7, 11) is 0. The standard InChI is InChI=1S/C3H4N2O4/c6-2(7)1-4-3(8)9-5-1/h1,5H,(H,4,8)(H,6,7). The number of nitrogens with one attached hydrogen (secondary N) is 2. The number of amides is 1. The lowest BCUT2D eigenvalue weighted by Crippen LogP contribution is -2.39. The molecule has 1 aliphatic heterocycles. The van der Waals surface area contributed by atoms with Crippen molar-refractivity contribution in [2.75, 3.05) is 0 Å². The molecule has 0 bridgehead atoms. The van der Waals surface area contributed by atoms with E-state index in [4.69, 9.17) is 5.11 Å². The van der Waals surface area contributed by atoms with E-state index in [1.54, 1.807) is 0 Å². The zero-order valence-electron chi connectivity index (χ0n) is 4.25. The van der Waals surface area contributed by atoms with Gasteiger partial charge in [0, 0.05) is 0 Å². The highest BCUT2D eigenvalue weighted by molar-refractivity contribution is 5.81. The highest BCUT2D eigenvalue weighted by Crippen LogP contribution is 1.88. The zero-order chi connectivity index (χ0) is 6.85. The van der Waals surface area contributed by atoms with E-state index in [0.717, 1.165) is 0 Å². The number of carbonyl (C=O) groups excluding carboxylic acids is 1. The van der Waals surface area contributed by atoms with Gasteiger partial charge in [0.05, 0.1) is 0 Å². The Balaban J connectivity index is 2.48. The molecule has 0 aromatic carbocycles. The number of carboxylic acid groups (broad SMARTS) is 1. The maximum atomic E-state index is 10.1. The molecule has 0 spiro atoms. The average molecular weight is 132 g/mol. The van der Waals surface area contributed by atoms with E-state index in [2.05, 4.69) is 4.84 Å². The van der Waals surface area contributed by atoms with E-state index >= 15 is 0 Å². The first-order valence-corrected chi connectivity index (χ1v) is 2.16. The van der Waals surface area contributed by atoms with Gasteiger partial charge in [0.2, 0.25) is 6.17 Å². The van der Waals surface area contributed by atoms with Gasteiger partial charge in [0.25, 0.3) is 0 Å². The number of carbonyl (C=O) groups is 2. The smallest absolute Gasteiger partial charge is 0.427 e. The van der Waals surface area contributed by atoms with Crippen molar-refractivity contribution < 1.29 is 19.5 Å². The fraction of sp³-hybridized carbons (Fsp3) is 0.333. The maximum Gasteiger partial charge on any atom is 0.427 e. The molecule has 1 amide bonds. The summed E-state index contributed by atoms with van der Waals surface area (Å²) in [4.78, 5) is 24.1. The van der Waals surface area contributed by atoms with Crippen molar-refractivity contribution >= 4 is 12.1 Å². The van der Waals surface area contributed by atoms with Crippen LogP contribution in [0.25, 0.3) is 0 Å². The van der Waals surface area contributed by atoms with Gasteiger partial charge in [-0.2, -0.15) is 0 Å². The van der Waals surface area contributed by atoms with E-state index in [0.29, 0.717) is 0 Å². The lowest BCUT2D eigenvalue weighted by atomic mass is 10.5. The van der Waals surface area contributed by atoms with Crippen molar-refractivity contribution in [2.24, 2.45) is 0 Å². The fourth-order valence-electron chi connectivity index (χ4n) is 0.401. The minimum atomic E-state index is -1.18. The third-order valence-corrected chi connectivity index (χ3v) is 0.779. The molecule has 1 saturated heterocycles. The van der Waals surface area contributed by atoms with Crippen molar-refractivity contribution in [1.29, 1.82) is 0 Å². The minimum absolute atomic E-state index is 0.776. The molecule has 9 heavy (non-hydrogen) atoms. The lowest BCUT2D eigenvalue weighted by molar-refractivity contribution is -0.140. The van der Waals surface area contributed by atoms with Crippen LogP contribution in [0.2, 0.25) is 0 Å². The van der Waals surface area contributed by atoms with Crippen LogP contribution < -0.4 is 10.8 Å². The number of aliphatic carboxylic acids is 1. The number of hydrogen-bond acceptors (Lipinski definition) is 4. The molecule has 1 heterocycles. The Kier molecular flexibility index (Phi) is 1.23. The summed E-state index contributed by atoms with van der Waals surface area (Å²) in [5, 5.41) is 10.2. The summed E-state index contributed by atoms with van der Waals surface area (Å²) in [6.07, 6.45) is -1.89. The van der Waals surface area contributed by atoms with Crippen LogP contribution in [0, 0.1) is 0 Å². The number of hydroxylamine groups is 1. The summed E-state index contributed by atoms with van der Waals surface area (Å²) in [5.74, 6) is -1.18. The molecule has 1 aliphatic rings. The van der Waals surface area contributed by atoms with Crippen LogP contribution in [0.3, 0.4) is 0 Å². The van der Waals surface area contributed by atoms with Gasteiger partial charge in [-0.3, -0.25) is 5.32 Å². The third-order valence-electron chi connectivity index (χ3n) is 0.779. The Labute approximate surface area is 49.7 Å². The molecule has 1 rings (SSSR count). The number of hydrogen-bond donors (Lipinski definition) is 3. The summed E-state index contributed by atoms with van der Waals surface area (Å²) >= 11 is 0. The molecule has 6 heteroatoms. The van der Waals surface area contributed by atoms with Gasteiger partial charge < -0.3 is 9.94 Å². The summed E-state index contributed by atoms with van der Waals surface area (Å²) in [6.45, 7) is 0. The Morgan fingerprint density at radius 2 is 2.44 bits per heavy atom. The molecule has 0 aromatic rings. The summed E-state index contributed by atoms with van der Waals surface area (Å²) in [5.41, 5.74) is 1.95. The normalized spacial score (nSPS) is 24.9. The predicted octanol–water partition coefficient (Wildman–Crippen LogP) is -1.36.